The lowest BCUT2D eigenvalue weighted by atomic mass is 10.3. The standard InChI is InChI=1S/C11H11N7/c1-2-11(18-8-12-7-16-18)14-5-9(1)13-6-10-3-4-15-17-10/h1-5,7-8,13H,6H2,(H,15,17). The van der Waals surface area contributed by atoms with Crippen LogP contribution in [0.1, 0.15) is 5.69 Å². The molecule has 0 aliphatic rings. The van der Waals surface area contributed by atoms with Gasteiger partial charge in [0, 0.05) is 6.20 Å². The van der Waals surface area contributed by atoms with Crippen molar-refractivity contribution in [1.82, 2.24) is 29.9 Å². The highest BCUT2D eigenvalue weighted by Gasteiger charge is 1.99. The predicted molar refractivity (Wildman–Crippen MR) is 65.1 cm³/mol. The van der Waals surface area contributed by atoms with Gasteiger partial charge in [-0.1, -0.05) is 0 Å². The van der Waals surface area contributed by atoms with Crippen LogP contribution in [0.15, 0.2) is 43.2 Å². The number of pyridine rings is 1. The summed E-state index contributed by atoms with van der Waals surface area (Å²) < 4.78 is 1.61. The van der Waals surface area contributed by atoms with Gasteiger partial charge in [0.1, 0.15) is 12.7 Å². The Labute approximate surface area is 103 Å². The van der Waals surface area contributed by atoms with Crippen LogP contribution in [0.4, 0.5) is 5.69 Å². The van der Waals surface area contributed by atoms with E-state index in [9.17, 15) is 0 Å². The summed E-state index contributed by atoms with van der Waals surface area (Å²) in [4.78, 5) is 8.17. The number of anilines is 1. The number of nitrogens with zero attached hydrogens (tertiary/aromatic N) is 5. The summed E-state index contributed by atoms with van der Waals surface area (Å²) in [5, 5.41) is 14.0. The van der Waals surface area contributed by atoms with E-state index >= 15 is 0 Å². The van der Waals surface area contributed by atoms with Crippen molar-refractivity contribution >= 4 is 5.69 Å². The molecule has 3 aromatic heterocycles. The molecule has 0 spiro atoms. The number of aromatic amines is 1. The fraction of sp³-hybridized carbons (Fsp3) is 0.0909. The predicted octanol–water partition coefficient (Wildman–Crippen LogP) is 0.997. The Balaban J connectivity index is 1.68. The molecule has 7 heteroatoms. The van der Waals surface area contributed by atoms with Crippen molar-refractivity contribution in [1.29, 1.82) is 0 Å². The average molecular weight is 241 g/mol. The Kier molecular flexibility index (Phi) is 2.71. The van der Waals surface area contributed by atoms with Gasteiger partial charge in [-0.05, 0) is 18.2 Å². The van der Waals surface area contributed by atoms with Crippen molar-refractivity contribution in [2.75, 3.05) is 5.32 Å². The first-order chi connectivity index (χ1) is 8.92. The SMILES string of the molecule is c1cc(CNc2ccc(-n3cncn3)nc2)[nH]n1. The molecule has 2 N–H and O–H groups in total. The first-order valence-corrected chi connectivity index (χ1v) is 5.45. The van der Waals surface area contributed by atoms with Crippen LogP contribution < -0.4 is 5.32 Å². The molecular weight excluding hydrogens is 230 g/mol. The molecule has 0 unspecified atom stereocenters. The molecule has 0 radical (unpaired) electrons. The lowest BCUT2D eigenvalue weighted by Crippen LogP contribution is -2.02. The summed E-state index contributed by atoms with van der Waals surface area (Å²) in [5.74, 6) is 0.736. The maximum absolute atomic E-state index is 4.29. The van der Waals surface area contributed by atoms with Crippen LogP contribution in [-0.2, 0) is 6.54 Å². The monoisotopic (exact) mass is 241 g/mol. The summed E-state index contributed by atoms with van der Waals surface area (Å²) in [5.41, 5.74) is 1.96. The number of H-pyrrole nitrogens is 1. The van der Waals surface area contributed by atoms with E-state index in [1.54, 1.807) is 23.4 Å². The maximum Gasteiger partial charge on any atom is 0.155 e. The molecule has 3 rings (SSSR count). The second-order valence-corrected chi connectivity index (χ2v) is 3.68. The molecule has 0 saturated carbocycles. The normalized spacial score (nSPS) is 10.4. The Morgan fingerprint density at radius 3 is 2.94 bits per heavy atom. The van der Waals surface area contributed by atoms with Gasteiger partial charge >= 0.3 is 0 Å². The first kappa shape index (κ1) is 10.5. The van der Waals surface area contributed by atoms with Crippen molar-refractivity contribution in [2.24, 2.45) is 0 Å². The van der Waals surface area contributed by atoms with Crippen LogP contribution >= 0.6 is 0 Å². The van der Waals surface area contributed by atoms with E-state index in [-0.39, 0.29) is 0 Å². The summed E-state index contributed by atoms with van der Waals surface area (Å²) in [6, 6.07) is 5.74. The summed E-state index contributed by atoms with van der Waals surface area (Å²) in [6.45, 7) is 0.685. The van der Waals surface area contributed by atoms with E-state index in [0.717, 1.165) is 17.2 Å². The Hall–Kier alpha value is -2.70. The Morgan fingerprint density at radius 2 is 2.28 bits per heavy atom. The zero-order valence-electron chi connectivity index (χ0n) is 9.48. The molecule has 0 aromatic carbocycles. The molecule has 0 aliphatic heterocycles. The summed E-state index contributed by atoms with van der Waals surface area (Å²) in [6.07, 6.45) is 6.57. The van der Waals surface area contributed by atoms with Crippen molar-refractivity contribution in [3.05, 3.63) is 48.9 Å². The van der Waals surface area contributed by atoms with Gasteiger partial charge in [0.25, 0.3) is 0 Å². The van der Waals surface area contributed by atoms with Gasteiger partial charge in [-0.15, -0.1) is 0 Å². The van der Waals surface area contributed by atoms with Gasteiger partial charge in [0.15, 0.2) is 5.82 Å². The molecule has 3 heterocycles. The molecule has 90 valence electrons. The van der Waals surface area contributed by atoms with Gasteiger partial charge in [-0.25, -0.2) is 14.6 Å². The average Bonchev–Trinajstić information content (AvgIpc) is 3.10. The van der Waals surface area contributed by atoms with Gasteiger partial charge in [-0.3, -0.25) is 5.10 Å². The van der Waals surface area contributed by atoms with E-state index in [0.29, 0.717) is 6.54 Å². The second kappa shape index (κ2) is 4.66. The van der Waals surface area contributed by atoms with Crippen LogP contribution in [0.25, 0.3) is 5.82 Å². The second-order valence-electron chi connectivity index (χ2n) is 3.68. The molecule has 0 atom stereocenters. The van der Waals surface area contributed by atoms with Gasteiger partial charge in [0.2, 0.25) is 0 Å². The van der Waals surface area contributed by atoms with Crippen molar-refractivity contribution in [3.8, 4) is 5.82 Å². The van der Waals surface area contributed by atoms with E-state index in [2.05, 4.69) is 30.6 Å². The highest BCUT2D eigenvalue weighted by molar-refractivity contribution is 5.43. The van der Waals surface area contributed by atoms with Gasteiger partial charge < -0.3 is 5.32 Å². The third kappa shape index (κ3) is 2.19. The van der Waals surface area contributed by atoms with E-state index in [1.165, 1.54) is 6.33 Å². The number of rotatable bonds is 4. The van der Waals surface area contributed by atoms with Crippen LogP contribution in [0, 0.1) is 0 Å². The molecule has 7 nitrogen and oxygen atoms in total. The van der Waals surface area contributed by atoms with Gasteiger partial charge in [0.05, 0.1) is 24.1 Å². The van der Waals surface area contributed by atoms with Crippen LogP contribution in [0.2, 0.25) is 0 Å². The van der Waals surface area contributed by atoms with Crippen molar-refractivity contribution in [3.63, 3.8) is 0 Å². The summed E-state index contributed by atoms with van der Waals surface area (Å²) in [7, 11) is 0. The van der Waals surface area contributed by atoms with Crippen LogP contribution in [-0.4, -0.2) is 29.9 Å². The first-order valence-electron chi connectivity index (χ1n) is 5.45. The fourth-order valence-corrected chi connectivity index (χ4v) is 1.53. The molecule has 3 aromatic rings. The molecule has 0 saturated heterocycles. The Bertz CT molecular complexity index is 583. The lowest BCUT2D eigenvalue weighted by Gasteiger charge is -2.05. The minimum Gasteiger partial charge on any atom is -0.378 e. The minimum atomic E-state index is 0.685. The minimum absolute atomic E-state index is 0.685. The number of hydrogen-bond donors (Lipinski definition) is 2. The molecule has 0 bridgehead atoms. The van der Waals surface area contributed by atoms with Gasteiger partial charge in [-0.2, -0.15) is 10.2 Å². The zero-order chi connectivity index (χ0) is 12.2. The van der Waals surface area contributed by atoms with Crippen molar-refractivity contribution < 1.29 is 0 Å². The smallest absolute Gasteiger partial charge is 0.155 e. The molecule has 0 amide bonds. The van der Waals surface area contributed by atoms with E-state index < -0.39 is 0 Å². The molecule has 0 aliphatic carbocycles. The highest BCUT2D eigenvalue weighted by Crippen LogP contribution is 2.09. The zero-order valence-corrected chi connectivity index (χ0v) is 9.48. The number of nitrogens with one attached hydrogen (secondary N) is 2. The quantitative estimate of drug-likeness (QED) is 0.711. The van der Waals surface area contributed by atoms with Crippen LogP contribution in [0.5, 0.6) is 0 Å². The topological polar surface area (TPSA) is 84.3 Å². The highest BCUT2D eigenvalue weighted by atomic mass is 15.3. The van der Waals surface area contributed by atoms with E-state index in [4.69, 9.17) is 0 Å². The molecule has 18 heavy (non-hydrogen) atoms. The lowest BCUT2D eigenvalue weighted by molar-refractivity contribution is 0.845. The Morgan fingerprint density at radius 1 is 1.28 bits per heavy atom. The fourth-order valence-electron chi connectivity index (χ4n) is 1.53. The van der Waals surface area contributed by atoms with Crippen LogP contribution in [0.3, 0.4) is 0 Å². The third-order valence-corrected chi connectivity index (χ3v) is 2.44. The maximum atomic E-state index is 4.29. The number of aromatic nitrogens is 6. The molecule has 0 fully saturated rings. The number of hydrogen-bond acceptors (Lipinski definition) is 5. The largest absolute Gasteiger partial charge is 0.378 e. The summed E-state index contributed by atoms with van der Waals surface area (Å²) >= 11 is 0. The van der Waals surface area contributed by atoms with E-state index in [1.807, 2.05) is 18.2 Å². The van der Waals surface area contributed by atoms with Crippen molar-refractivity contribution in [2.45, 2.75) is 6.54 Å². The molecular formula is C11H11N7. The third-order valence-electron chi connectivity index (χ3n) is 2.44.